The average Bonchev–Trinajstić information content (AvgIpc) is 2.78. The first-order chi connectivity index (χ1) is 14.3. The molecule has 0 spiro atoms. The first-order valence-corrected chi connectivity index (χ1v) is 10.9. The average molecular weight is 432 g/mol. The number of hydrogen-bond acceptors (Lipinski definition) is 6. The van der Waals surface area contributed by atoms with Crippen molar-refractivity contribution in [2.24, 2.45) is 0 Å². The van der Waals surface area contributed by atoms with Gasteiger partial charge in [0.05, 0.1) is 7.11 Å². The Morgan fingerprint density at radius 3 is 2.37 bits per heavy atom. The maximum Gasteiger partial charge on any atom is 0.246 e. The number of carbonyl (C=O) groups excluding carboxylic acids is 1. The summed E-state index contributed by atoms with van der Waals surface area (Å²) in [5.41, 5.74) is 1.59. The number of nitrogens with zero attached hydrogens (tertiary/aromatic N) is 2. The molecule has 160 valence electrons. The van der Waals surface area contributed by atoms with E-state index >= 15 is 0 Å². The molecule has 1 amide bonds. The molecule has 9 heteroatoms. The van der Waals surface area contributed by atoms with Gasteiger partial charge in [-0.25, -0.2) is 13.1 Å². The van der Waals surface area contributed by atoms with Gasteiger partial charge in [0.15, 0.2) is 0 Å². The highest BCUT2D eigenvalue weighted by atomic mass is 32.2. The second kappa shape index (κ2) is 9.19. The molecule has 1 aliphatic heterocycles. The SMILES string of the molecule is CNS(=O)(=O)c1cc(/C=C/C(=O)N2CCN(c3ccc(O)cc3)CC2)ccc1OC. The number of nitrogens with one attached hydrogen (secondary N) is 1. The highest BCUT2D eigenvalue weighted by molar-refractivity contribution is 7.89. The number of benzene rings is 2. The second-order valence-electron chi connectivity index (χ2n) is 6.78. The zero-order valence-corrected chi connectivity index (χ0v) is 17.7. The molecular formula is C21H25N3O5S. The van der Waals surface area contributed by atoms with E-state index in [4.69, 9.17) is 4.74 Å². The highest BCUT2D eigenvalue weighted by Crippen LogP contribution is 2.25. The van der Waals surface area contributed by atoms with Crippen LogP contribution in [-0.4, -0.2) is 64.7 Å². The molecule has 3 rings (SSSR count). The summed E-state index contributed by atoms with van der Waals surface area (Å²) in [5, 5.41) is 9.41. The number of phenols is 1. The van der Waals surface area contributed by atoms with E-state index in [1.54, 1.807) is 35.2 Å². The number of ether oxygens (including phenoxy) is 1. The quantitative estimate of drug-likeness (QED) is 0.675. The minimum Gasteiger partial charge on any atom is -0.508 e. The lowest BCUT2D eigenvalue weighted by Crippen LogP contribution is -2.48. The summed E-state index contributed by atoms with van der Waals surface area (Å²) in [6, 6.07) is 11.7. The van der Waals surface area contributed by atoms with Crippen molar-refractivity contribution in [2.45, 2.75) is 4.90 Å². The topological polar surface area (TPSA) is 99.2 Å². The third kappa shape index (κ3) is 4.92. The monoisotopic (exact) mass is 431 g/mol. The molecule has 1 heterocycles. The van der Waals surface area contributed by atoms with Crippen LogP contribution in [0.3, 0.4) is 0 Å². The minimum absolute atomic E-state index is 0.0182. The third-order valence-electron chi connectivity index (χ3n) is 4.97. The fourth-order valence-corrected chi connectivity index (χ4v) is 4.17. The van der Waals surface area contributed by atoms with Crippen LogP contribution >= 0.6 is 0 Å². The zero-order chi connectivity index (χ0) is 21.7. The van der Waals surface area contributed by atoms with E-state index in [2.05, 4.69) is 9.62 Å². The lowest BCUT2D eigenvalue weighted by molar-refractivity contribution is -0.126. The van der Waals surface area contributed by atoms with E-state index in [9.17, 15) is 18.3 Å². The van der Waals surface area contributed by atoms with Gasteiger partial charge in [0, 0.05) is 37.9 Å². The van der Waals surface area contributed by atoms with Crippen LogP contribution < -0.4 is 14.4 Å². The van der Waals surface area contributed by atoms with Gasteiger partial charge in [0.1, 0.15) is 16.4 Å². The number of amides is 1. The summed E-state index contributed by atoms with van der Waals surface area (Å²) in [4.78, 5) is 16.5. The van der Waals surface area contributed by atoms with Crippen LogP contribution in [0, 0.1) is 0 Å². The van der Waals surface area contributed by atoms with Gasteiger partial charge in [0.2, 0.25) is 15.9 Å². The van der Waals surface area contributed by atoms with Crippen LogP contribution in [0.4, 0.5) is 5.69 Å². The van der Waals surface area contributed by atoms with Crippen molar-refractivity contribution in [3.8, 4) is 11.5 Å². The van der Waals surface area contributed by atoms with Crippen LogP contribution in [0.1, 0.15) is 5.56 Å². The van der Waals surface area contributed by atoms with Crippen molar-refractivity contribution in [3.63, 3.8) is 0 Å². The molecule has 2 aromatic carbocycles. The number of piperazine rings is 1. The Labute approximate surface area is 176 Å². The van der Waals surface area contributed by atoms with Crippen molar-refractivity contribution >= 4 is 27.7 Å². The predicted octanol–water partition coefficient (Wildman–Crippen LogP) is 1.67. The fourth-order valence-electron chi connectivity index (χ4n) is 3.24. The lowest BCUT2D eigenvalue weighted by Gasteiger charge is -2.35. The van der Waals surface area contributed by atoms with Gasteiger partial charge < -0.3 is 19.6 Å². The van der Waals surface area contributed by atoms with Crippen molar-refractivity contribution < 1.29 is 23.1 Å². The summed E-state index contributed by atoms with van der Waals surface area (Å²) >= 11 is 0. The Morgan fingerprint density at radius 1 is 1.10 bits per heavy atom. The van der Waals surface area contributed by atoms with Gasteiger partial charge in [-0.2, -0.15) is 0 Å². The molecule has 0 aromatic heterocycles. The standard InChI is InChI=1S/C21H25N3O5S/c1-22-30(27,28)20-15-16(3-9-19(20)29-2)4-10-21(26)24-13-11-23(12-14-24)17-5-7-18(25)8-6-17/h3-10,15,22,25H,11-14H2,1-2H3/b10-4+. The van der Waals surface area contributed by atoms with Gasteiger partial charge in [-0.15, -0.1) is 0 Å². The first kappa shape index (κ1) is 21.7. The highest BCUT2D eigenvalue weighted by Gasteiger charge is 2.20. The molecule has 1 fully saturated rings. The van der Waals surface area contributed by atoms with Crippen molar-refractivity contribution in [2.75, 3.05) is 45.2 Å². The van der Waals surface area contributed by atoms with Crippen LogP contribution in [0.5, 0.6) is 11.5 Å². The number of phenolic OH excluding ortho intramolecular Hbond substituents is 1. The Balaban J connectivity index is 1.65. The number of carbonyl (C=O) groups is 1. The van der Waals surface area contributed by atoms with Crippen LogP contribution in [-0.2, 0) is 14.8 Å². The lowest BCUT2D eigenvalue weighted by atomic mass is 10.2. The van der Waals surface area contributed by atoms with Gasteiger partial charge in [0.25, 0.3) is 0 Å². The van der Waals surface area contributed by atoms with Crippen LogP contribution in [0.25, 0.3) is 6.08 Å². The van der Waals surface area contributed by atoms with Gasteiger partial charge in [-0.3, -0.25) is 4.79 Å². The Kier molecular flexibility index (Phi) is 6.63. The smallest absolute Gasteiger partial charge is 0.246 e. The maximum atomic E-state index is 12.6. The molecule has 0 atom stereocenters. The normalized spacial score (nSPS) is 14.9. The molecule has 30 heavy (non-hydrogen) atoms. The molecule has 1 saturated heterocycles. The Bertz CT molecular complexity index is 1030. The van der Waals surface area contributed by atoms with Crippen LogP contribution in [0.2, 0.25) is 0 Å². The third-order valence-corrected chi connectivity index (χ3v) is 6.41. The van der Waals surface area contributed by atoms with E-state index < -0.39 is 10.0 Å². The maximum absolute atomic E-state index is 12.6. The van der Waals surface area contributed by atoms with E-state index in [1.807, 2.05) is 12.1 Å². The van der Waals surface area contributed by atoms with Crippen molar-refractivity contribution in [3.05, 3.63) is 54.1 Å². The largest absolute Gasteiger partial charge is 0.508 e. The summed E-state index contributed by atoms with van der Waals surface area (Å²) in [7, 11) is -0.948. The van der Waals surface area contributed by atoms with Gasteiger partial charge >= 0.3 is 0 Å². The second-order valence-corrected chi connectivity index (χ2v) is 8.63. The van der Waals surface area contributed by atoms with Crippen molar-refractivity contribution in [1.82, 2.24) is 9.62 Å². The number of aromatic hydroxyl groups is 1. The summed E-state index contributed by atoms with van der Waals surface area (Å²) in [5.74, 6) is 0.328. The van der Waals surface area contributed by atoms with E-state index in [-0.39, 0.29) is 22.3 Å². The molecule has 0 bridgehead atoms. The number of sulfonamides is 1. The van der Waals surface area contributed by atoms with Gasteiger partial charge in [-0.1, -0.05) is 6.07 Å². The molecule has 0 saturated carbocycles. The number of hydrogen-bond donors (Lipinski definition) is 2. The predicted molar refractivity (Wildman–Crippen MR) is 115 cm³/mol. The van der Waals surface area contributed by atoms with Gasteiger partial charge in [-0.05, 0) is 55.1 Å². The summed E-state index contributed by atoms with van der Waals surface area (Å²) < 4.78 is 31.7. The molecule has 0 aliphatic carbocycles. The summed E-state index contributed by atoms with van der Waals surface area (Å²) in [6.45, 7) is 2.53. The number of anilines is 1. The fraction of sp³-hybridized carbons (Fsp3) is 0.286. The molecule has 2 N–H and O–H groups in total. The molecule has 1 aliphatic rings. The minimum atomic E-state index is -3.68. The molecule has 2 aromatic rings. The number of methoxy groups -OCH3 is 1. The van der Waals surface area contributed by atoms with E-state index in [0.717, 1.165) is 5.69 Å². The molecular weight excluding hydrogens is 406 g/mol. The van der Waals surface area contributed by atoms with Crippen LogP contribution in [0.15, 0.2) is 53.4 Å². The van der Waals surface area contributed by atoms with E-state index in [1.165, 1.54) is 26.3 Å². The summed E-state index contributed by atoms with van der Waals surface area (Å²) in [6.07, 6.45) is 3.05. The molecule has 8 nitrogen and oxygen atoms in total. The number of rotatable bonds is 6. The first-order valence-electron chi connectivity index (χ1n) is 9.46. The Hall–Kier alpha value is -3.04. The molecule has 0 radical (unpaired) electrons. The Morgan fingerprint density at radius 2 is 1.77 bits per heavy atom. The van der Waals surface area contributed by atoms with Crippen molar-refractivity contribution in [1.29, 1.82) is 0 Å². The molecule has 0 unspecified atom stereocenters. The van der Waals surface area contributed by atoms with E-state index in [0.29, 0.717) is 31.7 Å². The zero-order valence-electron chi connectivity index (χ0n) is 16.9.